The third kappa shape index (κ3) is 3.44. The van der Waals surface area contributed by atoms with Gasteiger partial charge in [-0.05, 0) is 42.7 Å². The predicted octanol–water partition coefficient (Wildman–Crippen LogP) is 2.23. The van der Waals surface area contributed by atoms with E-state index in [0.29, 0.717) is 24.2 Å². The second kappa shape index (κ2) is 7.47. The van der Waals surface area contributed by atoms with E-state index in [-0.39, 0.29) is 6.10 Å². The molecule has 0 radical (unpaired) electrons. The molecule has 0 aromatic heterocycles. The van der Waals surface area contributed by atoms with Gasteiger partial charge >= 0.3 is 5.97 Å². The summed E-state index contributed by atoms with van der Waals surface area (Å²) in [6.45, 7) is 0. The van der Waals surface area contributed by atoms with Gasteiger partial charge in [-0.15, -0.1) is 0 Å². The SMILES string of the molecule is COc1cccc(C(=O)OC2C(Cc3ccccc3)NS(=O)(=O)C3CC4C=C[C@]23O4)c1. The van der Waals surface area contributed by atoms with Gasteiger partial charge in [-0.25, -0.2) is 17.9 Å². The van der Waals surface area contributed by atoms with Gasteiger partial charge in [-0.2, -0.15) is 0 Å². The van der Waals surface area contributed by atoms with Crippen molar-refractivity contribution in [3.8, 4) is 5.75 Å². The van der Waals surface area contributed by atoms with Crippen LogP contribution in [-0.4, -0.2) is 50.6 Å². The lowest BCUT2D eigenvalue weighted by atomic mass is 9.83. The Morgan fingerprint density at radius 2 is 2.00 bits per heavy atom. The first kappa shape index (κ1) is 20.2. The lowest BCUT2D eigenvalue weighted by Gasteiger charge is -2.45. The maximum atomic E-state index is 13.1. The summed E-state index contributed by atoms with van der Waals surface area (Å²) >= 11 is 0. The molecule has 1 N–H and O–H groups in total. The van der Waals surface area contributed by atoms with Gasteiger partial charge in [0.1, 0.15) is 16.6 Å². The Bertz CT molecular complexity index is 1130. The maximum Gasteiger partial charge on any atom is 0.338 e. The van der Waals surface area contributed by atoms with Crippen LogP contribution in [0.3, 0.4) is 0 Å². The molecule has 3 heterocycles. The fraction of sp³-hybridized carbons (Fsp3) is 0.348. The molecule has 5 atom stereocenters. The lowest BCUT2D eigenvalue weighted by Crippen LogP contribution is -2.68. The standard InChI is InChI=1S/C23H23NO6S/c1-28-17-9-5-8-16(13-17)22(25)29-21-19(12-15-6-3-2-4-7-15)24-31(26,27)20-14-18-10-11-23(20,21)30-18/h2-11,13,18-21,24H,12,14H2,1H3/t18?,19?,20?,21?,23-/m1/s1. The normalized spacial score (nSPS) is 32.4. The largest absolute Gasteiger partial charge is 0.497 e. The summed E-state index contributed by atoms with van der Waals surface area (Å²) in [6.07, 6.45) is 3.23. The average molecular weight is 442 g/mol. The highest BCUT2D eigenvalue weighted by Gasteiger charge is 2.66. The molecule has 2 fully saturated rings. The minimum Gasteiger partial charge on any atom is -0.497 e. The molecule has 0 amide bonds. The minimum atomic E-state index is -3.65. The van der Waals surface area contributed by atoms with E-state index in [4.69, 9.17) is 14.2 Å². The van der Waals surface area contributed by atoms with Crippen molar-refractivity contribution in [2.45, 2.75) is 41.9 Å². The van der Waals surface area contributed by atoms with Crippen LogP contribution in [0, 0.1) is 0 Å². The summed E-state index contributed by atoms with van der Waals surface area (Å²) in [7, 11) is -2.13. The molecule has 0 saturated carbocycles. The first-order valence-electron chi connectivity index (χ1n) is 10.2. The van der Waals surface area contributed by atoms with E-state index < -0.39 is 39.0 Å². The highest BCUT2D eigenvalue weighted by atomic mass is 32.2. The first-order valence-corrected chi connectivity index (χ1v) is 11.7. The van der Waals surface area contributed by atoms with E-state index in [1.165, 1.54) is 7.11 Å². The van der Waals surface area contributed by atoms with Gasteiger partial charge in [-0.3, -0.25) is 0 Å². The number of esters is 1. The van der Waals surface area contributed by atoms with Crippen molar-refractivity contribution in [3.63, 3.8) is 0 Å². The molecule has 2 bridgehead atoms. The Labute approximate surface area is 181 Å². The van der Waals surface area contributed by atoms with Crippen molar-refractivity contribution in [2.75, 3.05) is 7.11 Å². The number of methoxy groups -OCH3 is 1. The van der Waals surface area contributed by atoms with Gasteiger partial charge in [0, 0.05) is 0 Å². The molecule has 31 heavy (non-hydrogen) atoms. The number of sulfonamides is 1. The lowest BCUT2D eigenvalue weighted by molar-refractivity contribution is -0.0867. The van der Waals surface area contributed by atoms with Gasteiger partial charge in [0.2, 0.25) is 10.0 Å². The summed E-state index contributed by atoms with van der Waals surface area (Å²) in [6, 6.07) is 15.5. The molecule has 5 rings (SSSR count). The van der Waals surface area contributed by atoms with Crippen molar-refractivity contribution in [1.29, 1.82) is 0 Å². The van der Waals surface area contributed by atoms with Crippen molar-refractivity contribution in [1.82, 2.24) is 4.72 Å². The molecule has 7 nitrogen and oxygen atoms in total. The number of fused-ring (bicyclic) bond motifs is 1. The third-order valence-corrected chi connectivity index (χ3v) is 8.16. The zero-order valence-corrected chi connectivity index (χ0v) is 17.7. The zero-order valence-electron chi connectivity index (χ0n) is 16.9. The molecule has 3 aliphatic heterocycles. The Hall–Kier alpha value is -2.68. The minimum absolute atomic E-state index is 0.296. The quantitative estimate of drug-likeness (QED) is 0.565. The highest BCUT2D eigenvalue weighted by molar-refractivity contribution is 7.90. The summed E-state index contributed by atoms with van der Waals surface area (Å²) < 4.78 is 46.2. The van der Waals surface area contributed by atoms with Gasteiger partial charge < -0.3 is 14.2 Å². The van der Waals surface area contributed by atoms with Crippen molar-refractivity contribution in [3.05, 3.63) is 77.9 Å². The number of carbonyl (C=O) groups excluding carboxylic acids is 1. The molecule has 0 aliphatic carbocycles. The van der Waals surface area contributed by atoms with Crippen LogP contribution in [0.15, 0.2) is 66.7 Å². The van der Waals surface area contributed by atoms with Crippen LogP contribution in [-0.2, 0) is 25.9 Å². The zero-order chi connectivity index (χ0) is 21.6. The summed E-state index contributed by atoms with van der Waals surface area (Å²) in [5, 5.41) is -0.801. The molecule has 2 saturated heterocycles. The van der Waals surface area contributed by atoms with Crippen LogP contribution in [0.4, 0.5) is 0 Å². The Kier molecular flexibility index (Phi) is 4.88. The highest BCUT2D eigenvalue weighted by Crippen LogP contribution is 2.48. The smallest absolute Gasteiger partial charge is 0.338 e. The number of benzene rings is 2. The number of nitrogens with one attached hydrogen (secondary N) is 1. The maximum absolute atomic E-state index is 13.1. The second-order valence-electron chi connectivity index (χ2n) is 8.11. The molecule has 4 unspecified atom stereocenters. The van der Waals surface area contributed by atoms with Crippen molar-refractivity contribution >= 4 is 16.0 Å². The van der Waals surface area contributed by atoms with E-state index >= 15 is 0 Å². The van der Waals surface area contributed by atoms with E-state index in [1.54, 1.807) is 30.3 Å². The molecular formula is C23H23NO6S. The van der Waals surface area contributed by atoms with Crippen LogP contribution in [0.2, 0.25) is 0 Å². The molecule has 162 valence electrons. The summed E-state index contributed by atoms with van der Waals surface area (Å²) in [4.78, 5) is 13.1. The summed E-state index contributed by atoms with van der Waals surface area (Å²) in [5.41, 5.74) is 0.0719. The third-order valence-electron chi connectivity index (χ3n) is 6.21. The fourth-order valence-electron chi connectivity index (χ4n) is 4.81. The topological polar surface area (TPSA) is 90.9 Å². The van der Waals surface area contributed by atoms with Crippen LogP contribution in [0.25, 0.3) is 0 Å². The molecule has 8 heteroatoms. The predicted molar refractivity (Wildman–Crippen MR) is 113 cm³/mol. The van der Waals surface area contributed by atoms with E-state index in [2.05, 4.69) is 4.72 Å². The number of hydrogen-bond donors (Lipinski definition) is 1. The monoisotopic (exact) mass is 441 g/mol. The Morgan fingerprint density at radius 3 is 2.74 bits per heavy atom. The Balaban J connectivity index is 1.51. The number of rotatable bonds is 5. The first-order chi connectivity index (χ1) is 14.9. The molecule has 2 aromatic carbocycles. The second-order valence-corrected chi connectivity index (χ2v) is 10.0. The van der Waals surface area contributed by atoms with Gasteiger partial charge in [0.05, 0.1) is 24.8 Å². The van der Waals surface area contributed by atoms with Gasteiger partial charge in [0.25, 0.3) is 0 Å². The Morgan fingerprint density at radius 1 is 1.19 bits per heavy atom. The van der Waals surface area contributed by atoms with Crippen LogP contribution in [0.1, 0.15) is 22.3 Å². The average Bonchev–Trinajstić information content (AvgIpc) is 3.37. The summed E-state index contributed by atoms with van der Waals surface area (Å²) in [5.74, 6) is -0.0165. The molecule has 3 aliphatic rings. The van der Waals surface area contributed by atoms with Crippen molar-refractivity contribution < 1.29 is 27.4 Å². The van der Waals surface area contributed by atoms with Crippen LogP contribution >= 0.6 is 0 Å². The van der Waals surface area contributed by atoms with Gasteiger partial charge in [-0.1, -0.05) is 42.5 Å². The van der Waals surface area contributed by atoms with Crippen LogP contribution in [0.5, 0.6) is 5.75 Å². The number of ether oxygens (including phenoxy) is 3. The molecule has 1 spiro atoms. The fourth-order valence-corrected chi connectivity index (χ4v) is 6.80. The number of carbonyl (C=O) groups is 1. The van der Waals surface area contributed by atoms with E-state index in [9.17, 15) is 13.2 Å². The van der Waals surface area contributed by atoms with Crippen LogP contribution < -0.4 is 9.46 Å². The van der Waals surface area contributed by atoms with E-state index in [1.807, 2.05) is 36.4 Å². The van der Waals surface area contributed by atoms with Crippen molar-refractivity contribution in [2.24, 2.45) is 0 Å². The molecular weight excluding hydrogens is 418 g/mol. The molecule has 2 aromatic rings. The van der Waals surface area contributed by atoms with Gasteiger partial charge in [0.15, 0.2) is 6.10 Å². The number of hydrogen-bond acceptors (Lipinski definition) is 6. The van der Waals surface area contributed by atoms with E-state index in [0.717, 1.165) is 5.56 Å².